The van der Waals surface area contributed by atoms with Crippen molar-refractivity contribution in [3.8, 4) is 11.5 Å². The van der Waals surface area contributed by atoms with E-state index in [1.807, 2.05) is 31.2 Å². The number of Topliss-reactive ketones (excluding diaryl/α,β-unsaturated/α-hetero) is 1. The summed E-state index contributed by atoms with van der Waals surface area (Å²) in [7, 11) is 1.63. The molecule has 0 heterocycles. The summed E-state index contributed by atoms with van der Waals surface area (Å²) in [5.74, 6) is 1.23. The monoisotopic (exact) mass is 328 g/mol. The zero-order chi connectivity index (χ0) is 17.4. The number of carbonyl (C=O) groups is 1. The molecule has 0 radical (unpaired) electrons. The summed E-state index contributed by atoms with van der Waals surface area (Å²) >= 11 is 0. The van der Waals surface area contributed by atoms with Gasteiger partial charge in [0.15, 0.2) is 5.78 Å². The second kappa shape index (κ2) is 9.08. The van der Waals surface area contributed by atoms with E-state index in [1.54, 1.807) is 19.2 Å². The quantitative estimate of drug-likeness (QED) is 0.654. The number of hydrogen-bond acceptors (Lipinski definition) is 4. The minimum atomic E-state index is -0.102. The van der Waals surface area contributed by atoms with Crippen molar-refractivity contribution in [3.63, 3.8) is 0 Å². The van der Waals surface area contributed by atoms with E-state index in [4.69, 9.17) is 14.2 Å². The molecule has 128 valence electrons. The first-order valence-electron chi connectivity index (χ1n) is 8.07. The van der Waals surface area contributed by atoms with Gasteiger partial charge in [0.05, 0.1) is 13.2 Å². The molecule has 4 heteroatoms. The number of hydrogen-bond donors (Lipinski definition) is 0. The molecule has 0 aliphatic carbocycles. The van der Waals surface area contributed by atoms with Crippen LogP contribution in [0.4, 0.5) is 0 Å². The van der Waals surface area contributed by atoms with Crippen LogP contribution in [-0.4, -0.2) is 32.2 Å². The fourth-order valence-electron chi connectivity index (χ4n) is 2.36. The van der Waals surface area contributed by atoms with Gasteiger partial charge < -0.3 is 14.2 Å². The van der Waals surface area contributed by atoms with Gasteiger partial charge in [-0.15, -0.1) is 0 Å². The third-order valence-electron chi connectivity index (χ3n) is 3.53. The summed E-state index contributed by atoms with van der Waals surface area (Å²) in [6.45, 7) is 4.47. The summed E-state index contributed by atoms with van der Waals surface area (Å²) in [4.78, 5) is 11.7. The van der Waals surface area contributed by atoms with Gasteiger partial charge in [-0.1, -0.05) is 30.3 Å². The van der Waals surface area contributed by atoms with Crippen molar-refractivity contribution >= 4 is 5.78 Å². The van der Waals surface area contributed by atoms with Crippen LogP contribution < -0.4 is 9.47 Å². The van der Waals surface area contributed by atoms with Gasteiger partial charge in [-0.05, 0) is 31.5 Å². The van der Waals surface area contributed by atoms with Crippen LogP contribution in [-0.2, 0) is 11.2 Å². The van der Waals surface area contributed by atoms with Gasteiger partial charge >= 0.3 is 0 Å². The fraction of sp³-hybridized carbons (Fsp3) is 0.350. The standard InChI is InChI=1S/C20H24O4/c1-15(14-22-3)24-20-12-18(16(2)21)11-19(13-20)23-10-9-17-7-5-4-6-8-17/h4-8,11-13,15H,9-10,14H2,1-3H3/t15-/m0/s1. The van der Waals surface area contributed by atoms with E-state index in [0.29, 0.717) is 30.3 Å². The zero-order valence-corrected chi connectivity index (χ0v) is 14.5. The largest absolute Gasteiger partial charge is 0.493 e. The van der Waals surface area contributed by atoms with Gasteiger partial charge in [0.1, 0.15) is 17.6 Å². The molecular weight excluding hydrogens is 304 g/mol. The maximum Gasteiger partial charge on any atom is 0.160 e. The van der Waals surface area contributed by atoms with Gasteiger partial charge in [0, 0.05) is 25.2 Å². The first-order chi connectivity index (χ1) is 11.6. The highest BCUT2D eigenvalue weighted by Gasteiger charge is 2.10. The Labute approximate surface area is 143 Å². The molecule has 0 unspecified atom stereocenters. The number of ether oxygens (including phenoxy) is 3. The van der Waals surface area contributed by atoms with E-state index < -0.39 is 0 Å². The number of methoxy groups -OCH3 is 1. The molecule has 0 fully saturated rings. The van der Waals surface area contributed by atoms with Crippen LogP contribution in [0.1, 0.15) is 29.8 Å². The smallest absolute Gasteiger partial charge is 0.160 e. The highest BCUT2D eigenvalue weighted by molar-refractivity contribution is 5.94. The van der Waals surface area contributed by atoms with Crippen molar-refractivity contribution in [3.05, 3.63) is 59.7 Å². The summed E-state index contributed by atoms with van der Waals surface area (Å²) in [6, 6.07) is 15.4. The average molecular weight is 328 g/mol. The predicted molar refractivity (Wildman–Crippen MR) is 94.1 cm³/mol. The highest BCUT2D eigenvalue weighted by atomic mass is 16.5. The lowest BCUT2D eigenvalue weighted by molar-refractivity contribution is 0.0914. The molecule has 0 spiro atoms. The molecule has 0 aliphatic rings. The minimum absolute atomic E-state index is 0.0206. The Bertz CT molecular complexity index is 652. The SMILES string of the molecule is COC[C@H](C)Oc1cc(OCCc2ccccc2)cc(C(C)=O)c1. The Morgan fingerprint density at radius 2 is 1.79 bits per heavy atom. The Kier molecular flexibility index (Phi) is 6.82. The van der Waals surface area contributed by atoms with E-state index in [1.165, 1.54) is 12.5 Å². The molecule has 0 bridgehead atoms. The van der Waals surface area contributed by atoms with E-state index in [0.717, 1.165) is 6.42 Å². The number of carbonyl (C=O) groups excluding carboxylic acids is 1. The molecule has 1 atom stereocenters. The van der Waals surface area contributed by atoms with E-state index in [2.05, 4.69) is 12.1 Å². The minimum Gasteiger partial charge on any atom is -0.493 e. The molecule has 2 rings (SSSR count). The lowest BCUT2D eigenvalue weighted by Crippen LogP contribution is -2.18. The van der Waals surface area contributed by atoms with Crippen LogP contribution in [0.3, 0.4) is 0 Å². The van der Waals surface area contributed by atoms with Crippen LogP contribution >= 0.6 is 0 Å². The Morgan fingerprint density at radius 3 is 2.46 bits per heavy atom. The fourth-order valence-corrected chi connectivity index (χ4v) is 2.36. The van der Waals surface area contributed by atoms with Gasteiger partial charge in [0.2, 0.25) is 0 Å². The third-order valence-corrected chi connectivity index (χ3v) is 3.53. The van der Waals surface area contributed by atoms with Crippen LogP contribution in [0.2, 0.25) is 0 Å². The maximum atomic E-state index is 11.7. The molecule has 4 nitrogen and oxygen atoms in total. The molecule has 0 amide bonds. The molecule has 0 aliphatic heterocycles. The van der Waals surface area contributed by atoms with Gasteiger partial charge in [-0.3, -0.25) is 4.79 Å². The Balaban J connectivity index is 2.04. The molecule has 2 aromatic rings. The normalized spacial score (nSPS) is 11.8. The molecule has 0 saturated heterocycles. The lowest BCUT2D eigenvalue weighted by Gasteiger charge is -2.16. The van der Waals surface area contributed by atoms with Crippen molar-refractivity contribution in [2.45, 2.75) is 26.4 Å². The van der Waals surface area contributed by atoms with Gasteiger partial charge in [0.25, 0.3) is 0 Å². The van der Waals surface area contributed by atoms with Gasteiger partial charge in [-0.2, -0.15) is 0 Å². The molecule has 2 aromatic carbocycles. The van der Waals surface area contributed by atoms with Crippen LogP contribution in [0.5, 0.6) is 11.5 Å². The van der Waals surface area contributed by atoms with E-state index in [-0.39, 0.29) is 11.9 Å². The average Bonchev–Trinajstić information content (AvgIpc) is 2.56. The first kappa shape index (κ1) is 18.0. The molecule has 0 aromatic heterocycles. The number of rotatable bonds is 9. The summed E-state index contributed by atoms with van der Waals surface area (Å²) in [6.07, 6.45) is 0.705. The van der Waals surface area contributed by atoms with Crippen LogP contribution in [0.15, 0.2) is 48.5 Å². The summed E-state index contributed by atoms with van der Waals surface area (Å²) in [5, 5.41) is 0. The summed E-state index contributed by atoms with van der Waals surface area (Å²) in [5.41, 5.74) is 1.79. The third kappa shape index (κ3) is 5.70. The first-order valence-corrected chi connectivity index (χ1v) is 8.07. The van der Waals surface area contributed by atoms with Crippen LogP contribution in [0, 0.1) is 0 Å². The second-order valence-electron chi connectivity index (χ2n) is 5.72. The number of ketones is 1. The van der Waals surface area contributed by atoms with Gasteiger partial charge in [-0.25, -0.2) is 0 Å². The second-order valence-corrected chi connectivity index (χ2v) is 5.72. The Morgan fingerprint density at radius 1 is 1.08 bits per heavy atom. The van der Waals surface area contributed by atoms with Crippen molar-refractivity contribution in [2.75, 3.05) is 20.3 Å². The topological polar surface area (TPSA) is 44.8 Å². The highest BCUT2D eigenvalue weighted by Crippen LogP contribution is 2.24. The molecule has 0 saturated carbocycles. The van der Waals surface area contributed by atoms with E-state index in [9.17, 15) is 4.79 Å². The lowest BCUT2D eigenvalue weighted by atomic mass is 10.1. The van der Waals surface area contributed by atoms with Crippen molar-refractivity contribution in [1.29, 1.82) is 0 Å². The van der Waals surface area contributed by atoms with Crippen LogP contribution in [0.25, 0.3) is 0 Å². The van der Waals surface area contributed by atoms with Crippen molar-refractivity contribution in [1.82, 2.24) is 0 Å². The summed E-state index contributed by atoms with van der Waals surface area (Å²) < 4.78 is 16.7. The zero-order valence-electron chi connectivity index (χ0n) is 14.5. The predicted octanol–water partition coefficient (Wildman–Crippen LogP) is 3.92. The molecule has 0 N–H and O–H groups in total. The van der Waals surface area contributed by atoms with Crippen molar-refractivity contribution < 1.29 is 19.0 Å². The van der Waals surface area contributed by atoms with Crippen molar-refractivity contribution in [2.24, 2.45) is 0 Å². The number of benzene rings is 2. The molecule has 24 heavy (non-hydrogen) atoms. The Hall–Kier alpha value is -2.33. The maximum absolute atomic E-state index is 11.7. The van der Waals surface area contributed by atoms with E-state index >= 15 is 0 Å². The molecular formula is C20H24O4.